The van der Waals surface area contributed by atoms with Gasteiger partial charge in [-0.05, 0) is 12.1 Å². The van der Waals surface area contributed by atoms with Gasteiger partial charge in [0, 0.05) is 6.07 Å². The van der Waals surface area contributed by atoms with Crippen molar-refractivity contribution in [3.8, 4) is 11.5 Å². The maximum absolute atomic E-state index is 11.2. The highest BCUT2D eigenvalue weighted by Gasteiger charge is 2.21. The van der Waals surface area contributed by atoms with E-state index in [0.717, 1.165) is 0 Å². The first kappa shape index (κ1) is 9.51. The second-order valence-electron chi connectivity index (χ2n) is 3.05. The zero-order valence-corrected chi connectivity index (χ0v) is 7.73. The zero-order valence-electron chi connectivity index (χ0n) is 7.73. The van der Waals surface area contributed by atoms with Gasteiger partial charge in [0.1, 0.15) is 11.5 Å². The molecule has 1 aliphatic heterocycles. The largest absolute Gasteiger partial charge is 0.485 e. The number of carboxylic acids is 1. The lowest BCUT2D eigenvalue weighted by Gasteiger charge is -2.04. The molecule has 0 radical (unpaired) electrons. The fraction of sp³-hybridized carbons (Fsp3) is 0.200. The molecule has 1 N–H and O–H groups in total. The number of Topliss-reactive ketones (excluding diaryl/α,β-unsaturated/α-hetero) is 1. The number of carbonyl (C=O) groups is 2. The second-order valence-corrected chi connectivity index (χ2v) is 3.05. The molecule has 0 aliphatic carbocycles. The summed E-state index contributed by atoms with van der Waals surface area (Å²) < 4.78 is 10.0. The molecule has 2 rings (SSSR count). The second kappa shape index (κ2) is 3.61. The molecule has 1 heterocycles. The Labute approximate surface area is 85.2 Å². The highest BCUT2D eigenvalue weighted by molar-refractivity contribution is 6.02. The molecule has 1 aromatic rings. The van der Waals surface area contributed by atoms with Gasteiger partial charge >= 0.3 is 5.97 Å². The third-order valence-corrected chi connectivity index (χ3v) is 1.97. The summed E-state index contributed by atoms with van der Waals surface area (Å²) in [6.07, 6.45) is 0. The number of fused-ring (bicyclic) bond motifs is 1. The highest BCUT2D eigenvalue weighted by atomic mass is 16.5. The van der Waals surface area contributed by atoms with Crippen LogP contribution >= 0.6 is 0 Å². The molecule has 78 valence electrons. The Morgan fingerprint density at radius 2 is 2.33 bits per heavy atom. The SMILES string of the molecule is O=C(O)COc1ccc2c(c1)OCC2=O. The van der Waals surface area contributed by atoms with Crippen molar-refractivity contribution in [3.05, 3.63) is 23.8 Å². The van der Waals surface area contributed by atoms with Crippen molar-refractivity contribution < 1.29 is 24.2 Å². The van der Waals surface area contributed by atoms with Crippen LogP contribution in [-0.2, 0) is 4.79 Å². The summed E-state index contributed by atoms with van der Waals surface area (Å²) >= 11 is 0. The van der Waals surface area contributed by atoms with E-state index in [-0.39, 0.29) is 12.4 Å². The molecular weight excluding hydrogens is 200 g/mol. The fourth-order valence-corrected chi connectivity index (χ4v) is 1.31. The van der Waals surface area contributed by atoms with Crippen molar-refractivity contribution in [1.82, 2.24) is 0 Å². The minimum atomic E-state index is -1.05. The van der Waals surface area contributed by atoms with Crippen LogP contribution in [0.4, 0.5) is 0 Å². The molecule has 0 unspecified atom stereocenters. The Bertz CT molecular complexity index is 424. The Morgan fingerprint density at radius 1 is 1.53 bits per heavy atom. The standard InChI is InChI=1S/C10H8O5/c11-8-4-15-9-3-6(1-2-7(8)9)14-5-10(12)13/h1-3H,4-5H2,(H,12,13). The van der Waals surface area contributed by atoms with Crippen molar-refractivity contribution >= 4 is 11.8 Å². The van der Waals surface area contributed by atoms with Crippen LogP contribution in [0.25, 0.3) is 0 Å². The van der Waals surface area contributed by atoms with Crippen molar-refractivity contribution in [1.29, 1.82) is 0 Å². The molecule has 0 fully saturated rings. The van der Waals surface area contributed by atoms with Gasteiger partial charge < -0.3 is 14.6 Å². The van der Waals surface area contributed by atoms with Crippen molar-refractivity contribution in [3.63, 3.8) is 0 Å². The Balaban J connectivity index is 2.16. The lowest BCUT2D eigenvalue weighted by Crippen LogP contribution is -2.09. The van der Waals surface area contributed by atoms with Gasteiger partial charge in [-0.1, -0.05) is 0 Å². The molecule has 5 heteroatoms. The normalized spacial score (nSPS) is 13.2. The predicted molar refractivity (Wildman–Crippen MR) is 49.4 cm³/mol. The number of ketones is 1. The Hall–Kier alpha value is -2.04. The van der Waals surface area contributed by atoms with Gasteiger partial charge in [0.15, 0.2) is 13.2 Å². The van der Waals surface area contributed by atoms with Crippen LogP contribution in [0, 0.1) is 0 Å². The highest BCUT2D eigenvalue weighted by Crippen LogP contribution is 2.29. The smallest absolute Gasteiger partial charge is 0.341 e. The molecule has 5 nitrogen and oxygen atoms in total. The van der Waals surface area contributed by atoms with E-state index in [4.69, 9.17) is 14.6 Å². The van der Waals surface area contributed by atoms with E-state index in [1.54, 1.807) is 12.1 Å². The van der Waals surface area contributed by atoms with E-state index >= 15 is 0 Å². The van der Waals surface area contributed by atoms with E-state index in [2.05, 4.69) is 0 Å². The van der Waals surface area contributed by atoms with Crippen LogP contribution in [0.2, 0.25) is 0 Å². The number of carboxylic acid groups (broad SMARTS) is 1. The van der Waals surface area contributed by atoms with Gasteiger partial charge in [-0.15, -0.1) is 0 Å². The topological polar surface area (TPSA) is 72.8 Å². The molecular formula is C10H8O5. The van der Waals surface area contributed by atoms with Gasteiger partial charge in [0.05, 0.1) is 5.56 Å². The van der Waals surface area contributed by atoms with Crippen LogP contribution in [0.3, 0.4) is 0 Å². The summed E-state index contributed by atoms with van der Waals surface area (Å²) in [5.74, 6) is -0.295. The number of hydrogen-bond donors (Lipinski definition) is 1. The first-order chi connectivity index (χ1) is 7.16. The number of benzene rings is 1. The first-order valence-corrected chi connectivity index (χ1v) is 4.31. The monoisotopic (exact) mass is 208 g/mol. The minimum Gasteiger partial charge on any atom is -0.485 e. The maximum Gasteiger partial charge on any atom is 0.341 e. The number of rotatable bonds is 3. The maximum atomic E-state index is 11.2. The van der Waals surface area contributed by atoms with E-state index in [1.165, 1.54) is 6.07 Å². The third-order valence-electron chi connectivity index (χ3n) is 1.97. The van der Waals surface area contributed by atoms with Gasteiger partial charge in [-0.2, -0.15) is 0 Å². The van der Waals surface area contributed by atoms with Crippen molar-refractivity contribution in [2.45, 2.75) is 0 Å². The molecule has 15 heavy (non-hydrogen) atoms. The molecule has 0 saturated carbocycles. The van der Waals surface area contributed by atoms with Crippen molar-refractivity contribution in [2.75, 3.05) is 13.2 Å². The van der Waals surface area contributed by atoms with Crippen LogP contribution in [0.15, 0.2) is 18.2 Å². The van der Waals surface area contributed by atoms with E-state index < -0.39 is 12.6 Å². The quantitative estimate of drug-likeness (QED) is 0.792. The van der Waals surface area contributed by atoms with Gasteiger partial charge in [0.2, 0.25) is 5.78 Å². The van der Waals surface area contributed by atoms with Crippen LogP contribution in [0.5, 0.6) is 11.5 Å². The number of hydrogen-bond acceptors (Lipinski definition) is 4. The van der Waals surface area contributed by atoms with E-state index in [0.29, 0.717) is 17.1 Å². The van der Waals surface area contributed by atoms with Crippen LogP contribution < -0.4 is 9.47 Å². The number of aliphatic carboxylic acids is 1. The molecule has 0 spiro atoms. The average molecular weight is 208 g/mol. The summed E-state index contributed by atoms with van der Waals surface area (Å²) in [4.78, 5) is 21.4. The Kier molecular flexibility index (Phi) is 2.29. The summed E-state index contributed by atoms with van der Waals surface area (Å²) in [5, 5.41) is 8.40. The van der Waals surface area contributed by atoms with Crippen LogP contribution in [-0.4, -0.2) is 30.1 Å². The van der Waals surface area contributed by atoms with Gasteiger partial charge in [-0.3, -0.25) is 4.79 Å². The minimum absolute atomic E-state index is 0.0394. The molecule has 1 aromatic carbocycles. The third kappa shape index (κ3) is 1.90. The zero-order chi connectivity index (χ0) is 10.8. The molecule has 0 aromatic heterocycles. The van der Waals surface area contributed by atoms with E-state index in [9.17, 15) is 9.59 Å². The fourth-order valence-electron chi connectivity index (χ4n) is 1.31. The average Bonchev–Trinajstić information content (AvgIpc) is 2.57. The van der Waals surface area contributed by atoms with Gasteiger partial charge in [-0.25, -0.2) is 4.79 Å². The summed E-state index contributed by atoms with van der Waals surface area (Å²) in [5.41, 5.74) is 0.512. The summed E-state index contributed by atoms with van der Waals surface area (Å²) in [7, 11) is 0. The molecule has 1 aliphatic rings. The number of carbonyl (C=O) groups excluding carboxylic acids is 1. The first-order valence-electron chi connectivity index (χ1n) is 4.31. The van der Waals surface area contributed by atoms with Gasteiger partial charge in [0.25, 0.3) is 0 Å². The lowest BCUT2D eigenvalue weighted by atomic mass is 10.1. The number of ether oxygens (including phenoxy) is 2. The van der Waals surface area contributed by atoms with Crippen molar-refractivity contribution in [2.24, 2.45) is 0 Å². The molecule has 0 amide bonds. The molecule has 0 saturated heterocycles. The lowest BCUT2D eigenvalue weighted by molar-refractivity contribution is -0.139. The van der Waals surface area contributed by atoms with E-state index in [1.807, 2.05) is 0 Å². The summed E-state index contributed by atoms with van der Waals surface area (Å²) in [6, 6.07) is 4.64. The van der Waals surface area contributed by atoms with Crippen LogP contribution in [0.1, 0.15) is 10.4 Å². The molecule has 0 atom stereocenters. The predicted octanol–water partition coefficient (Wildman–Crippen LogP) is 0.725. The Morgan fingerprint density at radius 3 is 3.07 bits per heavy atom. The summed E-state index contributed by atoms with van der Waals surface area (Å²) in [6.45, 7) is -0.371. The molecule has 0 bridgehead atoms.